The molecule has 0 aromatic heterocycles. The summed E-state index contributed by atoms with van der Waals surface area (Å²) in [5.74, 6) is 0.903. The van der Waals surface area contributed by atoms with E-state index in [-0.39, 0.29) is 6.10 Å². The number of nitrogens with one attached hydrogen (secondary N) is 1. The summed E-state index contributed by atoms with van der Waals surface area (Å²) in [5.41, 5.74) is 1.06. The van der Waals surface area contributed by atoms with Crippen molar-refractivity contribution in [3.63, 3.8) is 0 Å². The molecular weight excluding hydrogens is 246 g/mol. The fourth-order valence-electron chi connectivity index (χ4n) is 2.11. The maximum Gasteiger partial charge on any atom is 0.126 e. The first-order valence-electron chi connectivity index (χ1n) is 6.62. The lowest BCUT2D eigenvalue weighted by Gasteiger charge is -2.21. The summed E-state index contributed by atoms with van der Waals surface area (Å²) < 4.78 is 6.05. The summed E-state index contributed by atoms with van der Waals surface area (Å²) in [4.78, 5) is 0. The standard InChI is InChI=1S/C15H20ClNO/c1-2-17-11-13-14(16)9-6-10-15(13)18-12-7-4-3-5-8-12/h4,6-7,9-10,12,17H,2-3,5,8,11H2,1H3. The van der Waals surface area contributed by atoms with Crippen LogP contribution in [0.1, 0.15) is 31.7 Å². The second-order valence-corrected chi connectivity index (χ2v) is 4.92. The van der Waals surface area contributed by atoms with E-state index in [2.05, 4.69) is 24.4 Å². The monoisotopic (exact) mass is 265 g/mol. The summed E-state index contributed by atoms with van der Waals surface area (Å²) in [6.45, 7) is 3.76. The van der Waals surface area contributed by atoms with Crippen molar-refractivity contribution in [1.29, 1.82) is 0 Å². The molecule has 2 rings (SSSR count). The van der Waals surface area contributed by atoms with Gasteiger partial charge < -0.3 is 10.1 Å². The number of benzene rings is 1. The van der Waals surface area contributed by atoms with Gasteiger partial charge in [0.1, 0.15) is 11.9 Å². The fourth-order valence-corrected chi connectivity index (χ4v) is 2.35. The van der Waals surface area contributed by atoms with Gasteiger partial charge >= 0.3 is 0 Å². The normalized spacial score (nSPS) is 18.9. The Morgan fingerprint density at radius 3 is 3.06 bits per heavy atom. The lowest BCUT2D eigenvalue weighted by atomic mass is 10.1. The second kappa shape index (κ2) is 6.81. The minimum atomic E-state index is 0.192. The molecule has 2 nitrogen and oxygen atoms in total. The van der Waals surface area contributed by atoms with Crippen LogP contribution in [0.2, 0.25) is 5.02 Å². The number of ether oxygens (including phenoxy) is 1. The SMILES string of the molecule is CCNCc1c(Cl)cccc1OC1C=CCCC1. The van der Waals surface area contributed by atoms with Gasteiger partial charge in [-0.05, 0) is 44.0 Å². The maximum absolute atomic E-state index is 6.24. The average molecular weight is 266 g/mol. The van der Waals surface area contributed by atoms with Gasteiger partial charge in [0.05, 0.1) is 0 Å². The highest BCUT2D eigenvalue weighted by Crippen LogP contribution is 2.28. The van der Waals surface area contributed by atoms with E-state index in [1.807, 2.05) is 18.2 Å². The predicted octanol–water partition coefficient (Wildman–Crippen LogP) is 3.94. The van der Waals surface area contributed by atoms with Crippen LogP contribution in [-0.2, 0) is 6.54 Å². The number of rotatable bonds is 5. The topological polar surface area (TPSA) is 21.3 Å². The van der Waals surface area contributed by atoms with Crippen molar-refractivity contribution in [2.24, 2.45) is 0 Å². The smallest absolute Gasteiger partial charge is 0.126 e. The van der Waals surface area contributed by atoms with E-state index in [1.165, 1.54) is 12.8 Å². The first kappa shape index (κ1) is 13.4. The molecule has 0 amide bonds. The fraction of sp³-hybridized carbons (Fsp3) is 0.467. The molecule has 1 unspecified atom stereocenters. The van der Waals surface area contributed by atoms with Gasteiger partial charge in [-0.15, -0.1) is 0 Å². The van der Waals surface area contributed by atoms with Crippen molar-refractivity contribution in [3.8, 4) is 5.75 Å². The second-order valence-electron chi connectivity index (χ2n) is 4.51. The third-order valence-corrected chi connectivity index (χ3v) is 3.47. The number of allylic oxidation sites excluding steroid dienone is 1. The van der Waals surface area contributed by atoms with Crippen molar-refractivity contribution < 1.29 is 4.74 Å². The molecular formula is C15H20ClNO. The third-order valence-electron chi connectivity index (χ3n) is 3.12. The van der Waals surface area contributed by atoms with E-state index in [0.717, 1.165) is 35.8 Å². The van der Waals surface area contributed by atoms with Gasteiger partial charge in [-0.2, -0.15) is 0 Å². The van der Waals surface area contributed by atoms with E-state index in [1.54, 1.807) is 0 Å². The van der Waals surface area contributed by atoms with Crippen LogP contribution in [0.25, 0.3) is 0 Å². The first-order chi connectivity index (χ1) is 8.81. The van der Waals surface area contributed by atoms with Gasteiger partial charge in [0.15, 0.2) is 0 Å². The van der Waals surface area contributed by atoms with Crippen molar-refractivity contribution in [2.45, 2.75) is 38.8 Å². The van der Waals surface area contributed by atoms with Gasteiger partial charge in [-0.25, -0.2) is 0 Å². The minimum absolute atomic E-state index is 0.192. The molecule has 1 aliphatic rings. The van der Waals surface area contributed by atoms with E-state index in [4.69, 9.17) is 16.3 Å². The Bertz CT molecular complexity index is 417. The summed E-state index contributed by atoms with van der Waals surface area (Å²) in [5, 5.41) is 4.07. The van der Waals surface area contributed by atoms with Crippen molar-refractivity contribution in [1.82, 2.24) is 5.32 Å². The van der Waals surface area contributed by atoms with E-state index in [0.29, 0.717) is 0 Å². The number of halogens is 1. The van der Waals surface area contributed by atoms with Crippen LogP contribution in [-0.4, -0.2) is 12.6 Å². The molecule has 0 saturated heterocycles. The molecule has 0 spiro atoms. The van der Waals surface area contributed by atoms with Crippen LogP contribution >= 0.6 is 11.6 Å². The molecule has 3 heteroatoms. The Morgan fingerprint density at radius 1 is 1.44 bits per heavy atom. The Morgan fingerprint density at radius 2 is 2.33 bits per heavy atom. The summed E-state index contributed by atoms with van der Waals surface area (Å²) in [7, 11) is 0. The summed E-state index contributed by atoms with van der Waals surface area (Å²) in [6, 6.07) is 5.86. The predicted molar refractivity (Wildman–Crippen MR) is 76.2 cm³/mol. The Balaban J connectivity index is 2.12. The molecule has 0 heterocycles. The van der Waals surface area contributed by atoms with Gasteiger partial charge in [0.25, 0.3) is 0 Å². The molecule has 18 heavy (non-hydrogen) atoms. The quantitative estimate of drug-likeness (QED) is 0.815. The lowest BCUT2D eigenvalue weighted by molar-refractivity contribution is 0.227. The van der Waals surface area contributed by atoms with Gasteiger partial charge in [-0.3, -0.25) is 0 Å². The summed E-state index contributed by atoms with van der Waals surface area (Å²) in [6.07, 6.45) is 8.00. The van der Waals surface area contributed by atoms with E-state index < -0.39 is 0 Å². The third kappa shape index (κ3) is 3.50. The molecule has 1 atom stereocenters. The Hall–Kier alpha value is -0.990. The molecule has 1 aromatic carbocycles. The zero-order valence-corrected chi connectivity index (χ0v) is 11.5. The largest absolute Gasteiger partial charge is 0.486 e. The molecule has 0 fully saturated rings. The Kier molecular flexibility index (Phi) is 5.09. The van der Waals surface area contributed by atoms with Crippen molar-refractivity contribution >= 4 is 11.6 Å². The van der Waals surface area contributed by atoms with E-state index >= 15 is 0 Å². The first-order valence-corrected chi connectivity index (χ1v) is 7.00. The molecule has 98 valence electrons. The highest BCUT2D eigenvalue weighted by Gasteiger charge is 2.13. The molecule has 1 aliphatic carbocycles. The number of hydrogen-bond donors (Lipinski definition) is 1. The minimum Gasteiger partial charge on any atom is -0.486 e. The zero-order valence-electron chi connectivity index (χ0n) is 10.8. The van der Waals surface area contributed by atoms with Crippen LogP contribution in [0.15, 0.2) is 30.4 Å². The molecule has 0 radical (unpaired) electrons. The highest BCUT2D eigenvalue weighted by atomic mass is 35.5. The van der Waals surface area contributed by atoms with Crippen LogP contribution in [0.5, 0.6) is 5.75 Å². The molecule has 1 aromatic rings. The van der Waals surface area contributed by atoms with Crippen LogP contribution in [0.3, 0.4) is 0 Å². The molecule has 0 aliphatic heterocycles. The molecule has 0 bridgehead atoms. The van der Waals surface area contributed by atoms with Gasteiger partial charge in [0.2, 0.25) is 0 Å². The number of hydrogen-bond acceptors (Lipinski definition) is 2. The highest BCUT2D eigenvalue weighted by molar-refractivity contribution is 6.31. The van der Waals surface area contributed by atoms with Crippen LogP contribution in [0, 0.1) is 0 Å². The zero-order chi connectivity index (χ0) is 12.8. The lowest BCUT2D eigenvalue weighted by Crippen LogP contribution is -2.18. The van der Waals surface area contributed by atoms with Crippen LogP contribution < -0.4 is 10.1 Å². The van der Waals surface area contributed by atoms with Gasteiger partial charge in [0, 0.05) is 17.1 Å². The Labute approximate surface area is 114 Å². The van der Waals surface area contributed by atoms with Crippen molar-refractivity contribution in [2.75, 3.05) is 6.54 Å². The maximum atomic E-state index is 6.24. The summed E-state index contributed by atoms with van der Waals surface area (Å²) >= 11 is 6.24. The van der Waals surface area contributed by atoms with Crippen LogP contribution in [0.4, 0.5) is 0 Å². The molecule has 1 N–H and O–H groups in total. The van der Waals surface area contributed by atoms with E-state index in [9.17, 15) is 0 Å². The van der Waals surface area contributed by atoms with Crippen molar-refractivity contribution in [3.05, 3.63) is 40.9 Å². The van der Waals surface area contributed by atoms with Gasteiger partial charge in [-0.1, -0.05) is 30.7 Å². The average Bonchev–Trinajstić information content (AvgIpc) is 2.39. The molecule has 0 saturated carbocycles.